The summed E-state index contributed by atoms with van der Waals surface area (Å²) in [6.45, 7) is 0. The van der Waals surface area contributed by atoms with E-state index in [1.165, 1.54) is 5.39 Å². The summed E-state index contributed by atoms with van der Waals surface area (Å²) in [4.78, 5) is 0. The summed E-state index contributed by atoms with van der Waals surface area (Å²) in [5, 5.41) is 3.06. The van der Waals surface area contributed by atoms with Crippen LogP contribution in [0.15, 0.2) is 66.7 Å². The fourth-order valence-electron chi connectivity index (χ4n) is 2.29. The Hall–Kier alpha value is -2.25. The van der Waals surface area contributed by atoms with Crippen molar-refractivity contribution in [2.75, 3.05) is 7.11 Å². The van der Waals surface area contributed by atoms with E-state index in [0.29, 0.717) is 0 Å². The highest BCUT2D eigenvalue weighted by Crippen LogP contribution is 2.25. The van der Waals surface area contributed by atoms with Gasteiger partial charge in [0, 0.05) is 5.03 Å². The van der Waals surface area contributed by atoms with Gasteiger partial charge in [-0.3, -0.25) is 0 Å². The number of hydrogen-bond acceptors (Lipinski definition) is 1. The summed E-state index contributed by atoms with van der Waals surface area (Å²) in [6.07, 6.45) is 1.99. The molecule has 0 saturated carbocycles. The molecule has 104 valence electrons. The van der Waals surface area contributed by atoms with E-state index in [4.69, 9.17) is 16.3 Å². The van der Waals surface area contributed by atoms with Gasteiger partial charge >= 0.3 is 0 Å². The van der Waals surface area contributed by atoms with Gasteiger partial charge in [-0.1, -0.05) is 60.1 Å². The Balaban J connectivity index is 1.98. The van der Waals surface area contributed by atoms with Crippen molar-refractivity contribution >= 4 is 33.5 Å². The van der Waals surface area contributed by atoms with Crippen LogP contribution in [0.4, 0.5) is 0 Å². The van der Waals surface area contributed by atoms with Crippen molar-refractivity contribution in [3.63, 3.8) is 0 Å². The van der Waals surface area contributed by atoms with Gasteiger partial charge < -0.3 is 4.74 Å². The van der Waals surface area contributed by atoms with E-state index in [1.807, 2.05) is 48.5 Å². The predicted molar refractivity (Wildman–Crippen MR) is 90.7 cm³/mol. The molecule has 0 fully saturated rings. The van der Waals surface area contributed by atoms with E-state index in [2.05, 4.69) is 24.3 Å². The maximum absolute atomic E-state index is 6.38. The van der Waals surface area contributed by atoms with Gasteiger partial charge in [0.1, 0.15) is 5.75 Å². The molecule has 3 aromatic carbocycles. The molecule has 3 aromatic rings. The minimum atomic E-state index is 0.739. The zero-order chi connectivity index (χ0) is 14.7. The smallest absolute Gasteiger partial charge is 0.119 e. The molecule has 0 aliphatic rings. The van der Waals surface area contributed by atoms with Gasteiger partial charge in [-0.2, -0.15) is 0 Å². The topological polar surface area (TPSA) is 9.23 Å². The van der Waals surface area contributed by atoms with Crippen LogP contribution in [0.25, 0.3) is 21.9 Å². The number of ether oxygens (including phenoxy) is 1. The highest BCUT2D eigenvalue weighted by atomic mass is 35.5. The first kappa shape index (κ1) is 13.7. The lowest BCUT2D eigenvalue weighted by Crippen LogP contribution is -1.83. The fraction of sp³-hybridized carbons (Fsp3) is 0.0526. The van der Waals surface area contributed by atoms with Crippen LogP contribution >= 0.6 is 11.6 Å². The van der Waals surface area contributed by atoms with Crippen LogP contribution in [0.3, 0.4) is 0 Å². The van der Waals surface area contributed by atoms with Gasteiger partial charge in [0.05, 0.1) is 7.11 Å². The van der Waals surface area contributed by atoms with Crippen LogP contribution in [-0.2, 0) is 0 Å². The standard InChI is InChI=1S/C19H15ClO/c1-21-18-10-9-16-11-14(7-8-17(16)13-18)12-19(20)15-5-3-2-4-6-15/h2-13H,1H3/b19-12-. The lowest BCUT2D eigenvalue weighted by Gasteiger charge is -2.04. The minimum Gasteiger partial charge on any atom is -0.497 e. The van der Waals surface area contributed by atoms with E-state index in [9.17, 15) is 0 Å². The Labute approximate surface area is 129 Å². The van der Waals surface area contributed by atoms with E-state index >= 15 is 0 Å². The van der Waals surface area contributed by atoms with E-state index in [-0.39, 0.29) is 0 Å². The van der Waals surface area contributed by atoms with Gasteiger partial charge in [0.2, 0.25) is 0 Å². The van der Waals surface area contributed by atoms with E-state index in [0.717, 1.165) is 27.3 Å². The van der Waals surface area contributed by atoms with Gasteiger partial charge in [0.15, 0.2) is 0 Å². The van der Waals surface area contributed by atoms with Gasteiger partial charge in [-0.15, -0.1) is 0 Å². The van der Waals surface area contributed by atoms with Crippen LogP contribution < -0.4 is 4.74 Å². The van der Waals surface area contributed by atoms with Crippen LogP contribution in [0, 0.1) is 0 Å². The Morgan fingerprint density at radius 2 is 1.62 bits per heavy atom. The number of methoxy groups -OCH3 is 1. The quantitative estimate of drug-likeness (QED) is 0.573. The normalized spacial score (nSPS) is 11.6. The second-order valence-electron chi connectivity index (χ2n) is 4.83. The van der Waals surface area contributed by atoms with Crippen LogP contribution in [0.2, 0.25) is 0 Å². The van der Waals surface area contributed by atoms with Crippen LogP contribution in [0.1, 0.15) is 11.1 Å². The molecule has 0 aliphatic carbocycles. The van der Waals surface area contributed by atoms with E-state index in [1.54, 1.807) is 7.11 Å². The van der Waals surface area contributed by atoms with Crippen molar-refractivity contribution in [3.8, 4) is 5.75 Å². The summed E-state index contributed by atoms with van der Waals surface area (Å²) >= 11 is 6.38. The molecular formula is C19H15ClO. The van der Waals surface area contributed by atoms with E-state index < -0.39 is 0 Å². The monoisotopic (exact) mass is 294 g/mol. The third-order valence-corrected chi connectivity index (χ3v) is 3.74. The lowest BCUT2D eigenvalue weighted by atomic mass is 10.1. The fourth-order valence-corrected chi connectivity index (χ4v) is 2.54. The van der Waals surface area contributed by atoms with Crippen molar-refractivity contribution in [1.29, 1.82) is 0 Å². The SMILES string of the molecule is COc1ccc2cc(/C=C(\Cl)c3ccccc3)ccc2c1. The molecule has 0 bridgehead atoms. The van der Waals surface area contributed by atoms with Crippen molar-refractivity contribution < 1.29 is 4.74 Å². The van der Waals surface area contributed by atoms with Gasteiger partial charge in [0.25, 0.3) is 0 Å². The van der Waals surface area contributed by atoms with Crippen molar-refractivity contribution in [1.82, 2.24) is 0 Å². The number of fused-ring (bicyclic) bond motifs is 1. The third-order valence-electron chi connectivity index (χ3n) is 3.41. The Kier molecular flexibility index (Phi) is 3.94. The predicted octanol–water partition coefficient (Wildman–Crippen LogP) is 5.59. The molecule has 0 heterocycles. The largest absolute Gasteiger partial charge is 0.497 e. The molecule has 0 atom stereocenters. The number of halogens is 1. The van der Waals surface area contributed by atoms with Crippen molar-refractivity contribution in [2.45, 2.75) is 0 Å². The first-order valence-corrected chi connectivity index (χ1v) is 7.14. The first-order valence-electron chi connectivity index (χ1n) is 6.77. The summed E-state index contributed by atoms with van der Waals surface area (Å²) in [5.41, 5.74) is 2.11. The molecule has 0 amide bonds. The molecule has 0 unspecified atom stereocenters. The molecule has 1 nitrogen and oxygen atoms in total. The molecule has 0 spiro atoms. The third kappa shape index (κ3) is 3.09. The molecule has 0 aromatic heterocycles. The highest BCUT2D eigenvalue weighted by Gasteiger charge is 2.00. The summed E-state index contributed by atoms with van der Waals surface area (Å²) < 4.78 is 5.24. The minimum absolute atomic E-state index is 0.739. The Morgan fingerprint density at radius 3 is 2.38 bits per heavy atom. The molecule has 0 aliphatic heterocycles. The average molecular weight is 295 g/mol. The molecule has 3 rings (SSSR count). The lowest BCUT2D eigenvalue weighted by molar-refractivity contribution is 0.415. The first-order chi connectivity index (χ1) is 10.3. The molecule has 0 radical (unpaired) electrons. The Bertz CT molecular complexity index is 791. The summed E-state index contributed by atoms with van der Waals surface area (Å²) in [6, 6.07) is 22.3. The molecule has 2 heteroatoms. The highest BCUT2D eigenvalue weighted by molar-refractivity contribution is 6.51. The summed E-state index contributed by atoms with van der Waals surface area (Å²) in [5.74, 6) is 0.869. The maximum atomic E-state index is 6.38. The second-order valence-corrected chi connectivity index (χ2v) is 5.24. The zero-order valence-corrected chi connectivity index (χ0v) is 12.5. The second kappa shape index (κ2) is 6.02. The molecular weight excluding hydrogens is 280 g/mol. The van der Waals surface area contributed by atoms with Crippen molar-refractivity contribution in [2.24, 2.45) is 0 Å². The van der Waals surface area contributed by atoms with Crippen LogP contribution in [-0.4, -0.2) is 7.11 Å². The number of hydrogen-bond donors (Lipinski definition) is 0. The molecule has 0 saturated heterocycles. The molecule has 21 heavy (non-hydrogen) atoms. The summed E-state index contributed by atoms with van der Waals surface area (Å²) in [7, 11) is 1.68. The van der Waals surface area contributed by atoms with Crippen molar-refractivity contribution in [3.05, 3.63) is 77.9 Å². The zero-order valence-electron chi connectivity index (χ0n) is 11.7. The number of benzene rings is 3. The molecule has 0 N–H and O–H groups in total. The van der Waals surface area contributed by atoms with Crippen LogP contribution in [0.5, 0.6) is 5.75 Å². The van der Waals surface area contributed by atoms with Gasteiger partial charge in [-0.25, -0.2) is 0 Å². The maximum Gasteiger partial charge on any atom is 0.119 e. The average Bonchev–Trinajstić information content (AvgIpc) is 2.55. The number of rotatable bonds is 3. The Morgan fingerprint density at radius 1 is 0.905 bits per heavy atom. The van der Waals surface area contributed by atoms with Gasteiger partial charge in [-0.05, 0) is 46.2 Å².